The predicted octanol–water partition coefficient (Wildman–Crippen LogP) is 1.91. The normalized spacial score (nSPS) is 12.4. The molecule has 1 aromatic carbocycles. The molecule has 0 spiro atoms. The van der Waals surface area contributed by atoms with Gasteiger partial charge in [-0.2, -0.15) is 0 Å². The van der Waals surface area contributed by atoms with E-state index in [0.29, 0.717) is 19.0 Å². The van der Waals surface area contributed by atoms with E-state index in [0.717, 1.165) is 35.4 Å². The molecular weight excluding hydrogens is 378 g/mol. The first kappa shape index (κ1) is 21.9. The first-order valence-electron chi connectivity index (χ1n) is 9.25. The minimum atomic E-state index is -3.41. The van der Waals surface area contributed by atoms with Crippen molar-refractivity contribution in [3.05, 3.63) is 46.8 Å². The summed E-state index contributed by atoms with van der Waals surface area (Å²) in [5.74, 6) is 1.53. The van der Waals surface area contributed by atoms with E-state index in [1.807, 2.05) is 13.8 Å². The molecule has 0 amide bonds. The maximum Gasteiger partial charge on any atom is 0.242 e. The van der Waals surface area contributed by atoms with Gasteiger partial charge in [0.2, 0.25) is 10.0 Å². The summed E-state index contributed by atoms with van der Waals surface area (Å²) in [5.41, 5.74) is 2.98. The second-order valence-electron chi connectivity index (χ2n) is 6.45. The Morgan fingerprint density at radius 3 is 2.29 bits per heavy atom. The van der Waals surface area contributed by atoms with Gasteiger partial charge in [0, 0.05) is 46.2 Å². The Hall–Kier alpha value is -2.39. The Bertz CT molecular complexity index is 881. The number of aromatic nitrogens is 1. The highest BCUT2D eigenvalue weighted by molar-refractivity contribution is 7.89. The van der Waals surface area contributed by atoms with Gasteiger partial charge < -0.3 is 15.2 Å². The van der Waals surface area contributed by atoms with Gasteiger partial charge in [-0.3, -0.25) is 4.99 Å². The number of sulfonamides is 1. The third-order valence-electron chi connectivity index (χ3n) is 4.43. The van der Waals surface area contributed by atoms with Crippen molar-refractivity contribution in [2.24, 2.45) is 4.99 Å². The summed E-state index contributed by atoms with van der Waals surface area (Å²) in [7, 11) is 1.33. The first-order chi connectivity index (χ1) is 13.3. The van der Waals surface area contributed by atoms with Gasteiger partial charge in [0.15, 0.2) is 5.96 Å². The van der Waals surface area contributed by atoms with Gasteiger partial charge >= 0.3 is 0 Å². The molecule has 0 unspecified atom stereocenters. The van der Waals surface area contributed by atoms with Gasteiger partial charge in [-0.25, -0.2) is 12.7 Å². The second kappa shape index (κ2) is 9.70. The molecule has 1 heterocycles. The third-order valence-corrected chi connectivity index (χ3v) is 6.25. The van der Waals surface area contributed by atoms with Crippen LogP contribution in [0.15, 0.2) is 38.7 Å². The van der Waals surface area contributed by atoms with E-state index in [2.05, 4.69) is 20.8 Å². The Balaban J connectivity index is 1.97. The summed E-state index contributed by atoms with van der Waals surface area (Å²) in [6.07, 6.45) is 1.60. The fourth-order valence-corrected chi connectivity index (χ4v) is 3.61. The van der Waals surface area contributed by atoms with Crippen LogP contribution >= 0.6 is 0 Å². The van der Waals surface area contributed by atoms with Crippen molar-refractivity contribution < 1.29 is 12.9 Å². The second-order valence-corrected chi connectivity index (χ2v) is 8.60. The van der Waals surface area contributed by atoms with Gasteiger partial charge in [-0.15, -0.1) is 0 Å². The number of rotatable bonds is 8. The molecule has 0 aliphatic carbocycles. The van der Waals surface area contributed by atoms with Gasteiger partial charge in [-0.05, 0) is 24.1 Å². The van der Waals surface area contributed by atoms with E-state index < -0.39 is 10.0 Å². The van der Waals surface area contributed by atoms with Crippen molar-refractivity contribution in [2.45, 2.75) is 44.7 Å². The van der Waals surface area contributed by atoms with E-state index in [9.17, 15) is 8.42 Å². The highest BCUT2D eigenvalue weighted by Gasteiger charge is 2.16. The van der Waals surface area contributed by atoms with E-state index >= 15 is 0 Å². The molecule has 8 nitrogen and oxygen atoms in total. The number of nitrogens with zero attached hydrogens (tertiary/aromatic N) is 3. The maximum atomic E-state index is 12.1. The van der Waals surface area contributed by atoms with Crippen LogP contribution in [-0.2, 0) is 36.0 Å². The molecular formula is C19H29N5O3S. The highest BCUT2D eigenvalue weighted by Crippen LogP contribution is 2.16. The minimum absolute atomic E-state index is 0.274. The van der Waals surface area contributed by atoms with Crippen LogP contribution in [0.1, 0.15) is 36.4 Å². The number of benzene rings is 1. The van der Waals surface area contributed by atoms with Crippen molar-refractivity contribution >= 4 is 16.0 Å². The number of aliphatic imine (C=N–C) groups is 1. The van der Waals surface area contributed by atoms with E-state index in [1.54, 1.807) is 31.3 Å². The van der Waals surface area contributed by atoms with Crippen LogP contribution in [0.2, 0.25) is 0 Å². The van der Waals surface area contributed by atoms with Crippen molar-refractivity contribution in [2.75, 3.05) is 21.1 Å². The van der Waals surface area contributed by atoms with Crippen LogP contribution < -0.4 is 10.6 Å². The zero-order chi connectivity index (χ0) is 20.7. The van der Waals surface area contributed by atoms with Crippen molar-refractivity contribution in [3.8, 4) is 0 Å². The van der Waals surface area contributed by atoms with Crippen molar-refractivity contribution in [1.82, 2.24) is 20.1 Å². The summed E-state index contributed by atoms with van der Waals surface area (Å²) in [6, 6.07) is 6.81. The van der Waals surface area contributed by atoms with Crippen molar-refractivity contribution in [3.63, 3.8) is 0 Å². The molecule has 0 saturated carbocycles. The minimum Gasteiger partial charge on any atom is -0.361 e. The molecule has 1 aromatic heterocycles. The summed E-state index contributed by atoms with van der Waals surface area (Å²) in [4.78, 5) is 4.51. The number of hydrogen-bond donors (Lipinski definition) is 2. The number of hydrogen-bond acceptors (Lipinski definition) is 5. The van der Waals surface area contributed by atoms with Crippen LogP contribution in [0.5, 0.6) is 0 Å². The molecule has 0 fully saturated rings. The number of guanidine groups is 1. The lowest BCUT2D eigenvalue weighted by atomic mass is 10.1. The Morgan fingerprint density at radius 1 is 1.11 bits per heavy atom. The lowest BCUT2D eigenvalue weighted by Crippen LogP contribution is -2.36. The Morgan fingerprint density at radius 2 is 1.75 bits per heavy atom. The lowest BCUT2D eigenvalue weighted by molar-refractivity contribution is 0.380. The Labute approximate surface area is 167 Å². The molecule has 154 valence electrons. The lowest BCUT2D eigenvalue weighted by Gasteiger charge is -2.14. The average Bonchev–Trinajstić information content (AvgIpc) is 3.10. The van der Waals surface area contributed by atoms with Crippen LogP contribution in [0.3, 0.4) is 0 Å². The van der Waals surface area contributed by atoms with Crippen molar-refractivity contribution in [1.29, 1.82) is 0 Å². The maximum absolute atomic E-state index is 12.1. The highest BCUT2D eigenvalue weighted by atomic mass is 32.2. The summed E-state index contributed by atoms with van der Waals surface area (Å²) < 4.78 is 30.8. The molecule has 0 saturated heterocycles. The third kappa shape index (κ3) is 5.11. The molecule has 0 aliphatic heterocycles. The van der Waals surface area contributed by atoms with Gasteiger partial charge in [0.1, 0.15) is 5.76 Å². The molecule has 2 rings (SSSR count). The zero-order valence-electron chi connectivity index (χ0n) is 17.1. The number of nitrogens with one attached hydrogen (secondary N) is 2. The molecule has 0 bridgehead atoms. The van der Waals surface area contributed by atoms with Crippen LogP contribution in [0, 0.1) is 0 Å². The smallest absolute Gasteiger partial charge is 0.242 e. The summed E-state index contributed by atoms with van der Waals surface area (Å²) in [6.45, 7) is 5.19. The molecule has 0 atom stereocenters. The average molecular weight is 408 g/mol. The van der Waals surface area contributed by atoms with E-state index in [4.69, 9.17) is 4.52 Å². The van der Waals surface area contributed by atoms with Gasteiger partial charge in [-0.1, -0.05) is 31.1 Å². The molecule has 9 heteroatoms. The summed E-state index contributed by atoms with van der Waals surface area (Å²) in [5, 5.41) is 10.6. The van der Waals surface area contributed by atoms with Gasteiger partial charge in [0.05, 0.1) is 10.6 Å². The molecule has 2 aromatic rings. The first-order valence-corrected chi connectivity index (χ1v) is 10.7. The quantitative estimate of drug-likeness (QED) is 0.512. The standard InChI is InChI=1S/C19H29N5O3S/c1-6-17-16(18(7-2)27-23-17)13-22-19(20-3)21-12-14-8-10-15(11-9-14)28(25,26)24(4)5/h8-11H,6-7,12-13H2,1-5H3,(H2,20,21,22). The zero-order valence-corrected chi connectivity index (χ0v) is 17.9. The molecule has 0 aliphatic rings. The van der Waals surface area contributed by atoms with Gasteiger partial charge in [0.25, 0.3) is 0 Å². The SMILES string of the molecule is CCc1noc(CC)c1CNC(=NC)NCc1ccc(S(=O)(=O)N(C)C)cc1. The molecule has 2 N–H and O–H groups in total. The van der Waals surface area contributed by atoms with E-state index in [-0.39, 0.29) is 4.90 Å². The van der Waals surface area contributed by atoms with Crippen LogP contribution in [0.25, 0.3) is 0 Å². The fourth-order valence-electron chi connectivity index (χ4n) is 2.71. The Kier molecular flexibility index (Phi) is 7.59. The largest absolute Gasteiger partial charge is 0.361 e. The van der Waals surface area contributed by atoms with Crippen LogP contribution in [0.4, 0.5) is 0 Å². The molecule has 0 radical (unpaired) electrons. The monoisotopic (exact) mass is 407 g/mol. The predicted molar refractivity (Wildman–Crippen MR) is 110 cm³/mol. The fraction of sp³-hybridized carbons (Fsp3) is 0.474. The number of aryl methyl sites for hydroxylation is 2. The topological polar surface area (TPSA) is 99.8 Å². The molecule has 28 heavy (non-hydrogen) atoms. The van der Waals surface area contributed by atoms with E-state index in [1.165, 1.54) is 18.4 Å². The van der Waals surface area contributed by atoms with Crippen LogP contribution in [-0.4, -0.2) is 45.0 Å². The summed E-state index contributed by atoms with van der Waals surface area (Å²) >= 11 is 0.